The molecule has 0 saturated heterocycles. The molecule has 1 heteroatoms. The first-order valence-electron chi connectivity index (χ1n) is 23.6. The van der Waals surface area contributed by atoms with E-state index in [1.807, 2.05) is 0 Å². The summed E-state index contributed by atoms with van der Waals surface area (Å²) in [6, 6.07) is 84.9. The van der Waals surface area contributed by atoms with Crippen molar-refractivity contribution in [1.29, 1.82) is 0 Å². The summed E-state index contributed by atoms with van der Waals surface area (Å²) >= 11 is 0. The van der Waals surface area contributed by atoms with Crippen LogP contribution in [0.25, 0.3) is 76.8 Å². The van der Waals surface area contributed by atoms with Crippen LogP contribution in [0.2, 0.25) is 0 Å². The SMILES string of the molecule is c1ccc(N(c2ccc3c4ccccc4c4ccccc4c3c2)c2cc3c(cc2-c2ccc(-c4cccc5c4CCCC5)cc2)-c2ccccc2C32c3ccccc3-c3ccccc32)cc1. The van der Waals surface area contributed by atoms with Crippen LogP contribution in [0.4, 0.5) is 17.1 Å². The van der Waals surface area contributed by atoms with Crippen LogP contribution < -0.4 is 4.90 Å². The van der Waals surface area contributed by atoms with Crippen molar-refractivity contribution in [3.8, 4) is 44.5 Å². The Morgan fingerprint density at radius 1 is 0.303 bits per heavy atom. The molecule has 0 unspecified atom stereocenters. The number of nitrogens with zero attached hydrogens (tertiary/aromatic N) is 1. The van der Waals surface area contributed by atoms with Crippen LogP contribution in [0, 0.1) is 0 Å². The third kappa shape index (κ3) is 5.29. The summed E-state index contributed by atoms with van der Waals surface area (Å²) < 4.78 is 0. The van der Waals surface area contributed by atoms with Crippen molar-refractivity contribution in [2.75, 3.05) is 4.90 Å². The number of aryl methyl sites for hydroxylation is 1. The lowest BCUT2D eigenvalue weighted by Crippen LogP contribution is -2.26. The van der Waals surface area contributed by atoms with Gasteiger partial charge in [0.15, 0.2) is 0 Å². The molecule has 3 aliphatic rings. The van der Waals surface area contributed by atoms with Crippen LogP contribution in [-0.4, -0.2) is 0 Å². The van der Waals surface area contributed by atoms with Crippen molar-refractivity contribution in [3.63, 3.8) is 0 Å². The van der Waals surface area contributed by atoms with E-state index in [1.165, 1.54) is 129 Å². The molecule has 14 rings (SSSR count). The maximum atomic E-state index is 2.57. The fraction of sp³-hybridized carbons (Fsp3) is 0.0769. The van der Waals surface area contributed by atoms with Gasteiger partial charge in [-0.15, -0.1) is 0 Å². The quantitative estimate of drug-likeness (QED) is 0.156. The molecule has 0 bridgehead atoms. The Morgan fingerprint density at radius 2 is 0.803 bits per heavy atom. The number of hydrogen-bond acceptors (Lipinski definition) is 1. The predicted octanol–water partition coefficient (Wildman–Crippen LogP) is 17.2. The van der Waals surface area contributed by atoms with Gasteiger partial charge in [0, 0.05) is 16.9 Å². The molecular formula is C65H45N. The number of para-hydroxylation sites is 1. The maximum Gasteiger partial charge on any atom is 0.0726 e. The number of anilines is 3. The van der Waals surface area contributed by atoms with Gasteiger partial charge in [-0.05, 0) is 167 Å². The van der Waals surface area contributed by atoms with Gasteiger partial charge in [-0.25, -0.2) is 0 Å². The van der Waals surface area contributed by atoms with E-state index >= 15 is 0 Å². The van der Waals surface area contributed by atoms with Gasteiger partial charge < -0.3 is 4.90 Å². The van der Waals surface area contributed by atoms with Crippen molar-refractivity contribution in [2.45, 2.75) is 31.1 Å². The number of benzene rings is 11. The molecule has 1 nitrogen and oxygen atoms in total. The van der Waals surface area contributed by atoms with Crippen molar-refractivity contribution >= 4 is 49.4 Å². The normalized spacial score (nSPS) is 13.9. The first-order valence-corrected chi connectivity index (χ1v) is 23.6. The van der Waals surface area contributed by atoms with Gasteiger partial charge in [0.1, 0.15) is 0 Å². The van der Waals surface area contributed by atoms with E-state index in [9.17, 15) is 0 Å². The summed E-state index contributed by atoms with van der Waals surface area (Å²) in [6.07, 6.45) is 4.86. The smallest absolute Gasteiger partial charge is 0.0726 e. The third-order valence-corrected chi connectivity index (χ3v) is 15.3. The molecule has 11 aromatic rings. The standard InChI is InChI=1S/C65H45N/c1-2-19-45(20-3-1)66(46-37-38-53-51-24-7-6-22-49(51)50-23-8-9-25-52(50)58(53)39-46)64-41-63-59(40-57(64)44-35-33-43(34-36-44)48-29-16-18-42-17-4-5-21-47(42)48)56-28-12-15-32-62(56)65(63)60-30-13-10-26-54(60)55-27-11-14-31-61(55)65/h1-3,6-16,18-20,22-41H,4-5,17,21H2. The first-order chi connectivity index (χ1) is 32.8. The second-order valence-corrected chi connectivity index (χ2v) is 18.5. The average molecular weight is 840 g/mol. The monoisotopic (exact) mass is 839 g/mol. The maximum absolute atomic E-state index is 2.57. The Hall–Kier alpha value is -8.00. The molecule has 0 heterocycles. The van der Waals surface area contributed by atoms with E-state index in [4.69, 9.17) is 0 Å². The van der Waals surface area contributed by atoms with Gasteiger partial charge in [0.2, 0.25) is 0 Å². The van der Waals surface area contributed by atoms with Crippen LogP contribution in [-0.2, 0) is 18.3 Å². The zero-order chi connectivity index (χ0) is 43.3. The van der Waals surface area contributed by atoms with Gasteiger partial charge >= 0.3 is 0 Å². The Morgan fingerprint density at radius 3 is 1.44 bits per heavy atom. The van der Waals surface area contributed by atoms with E-state index in [0.29, 0.717) is 0 Å². The van der Waals surface area contributed by atoms with E-state index in [-0.39, 0.29) is 0 Å². The molecule has 1 spiro atoms. The van der Waals surface area contributed by atoms with Gasteiger partial charge in [-0.1, -0.05) is 188 Å². The average Bonchev–Trinajstić information content (AvgIpc) is 3.86. The van der Waals surface area contributed by atoms with Gasteiger partial charge in [0.05, 0.1) is 11.1 Å². The molecule has 0 aromatic heterocycles. The van der Waals surface area contributed by atoms with Crippen molar-refractivity contribution in [1.82, 2.24) is 0 Å². The van der Waals surface area contributed by atoms with Crippen molar-refractivity contribution < 1.29 is 0 Å². The van der Waals surface area contributed by atoms with Crippen LogP contribution in [0.1, 0.15) is 46.2 Å². The summed E-state index contributed by atoms with van der Waals surface area (Å²) in [5.74, 6) is 0. The van der Waals surface area contributed by atoms with E-state index < -0.39 is 5.41 Å². The van der Waals surface area contributed by atoms with Gasteiger partial charge in [0.25, 0.3) is 0 Å². The lowest BCUT2D eigenvalue weighted by Gasteiger charge is -2.33. The number of hydrogen-bond donors (Lipinski definition) is 0. The largest absolute Gasteiger partial charge is 0.310 e. The molecule has 0 amide bonds. The summed E-state index contributed by atoms with van der Waals surface area (Å²) in [5, 5.41) is 7.63. The molecule has 0 fully saturated rings. The highest BCUT2D eigenvalue weighted by molar-refractivity contribution is 6.26. The molecule has 310 valence electrons. The molecule has 0 saturated carbocycles. The highest BCUT2D eigenvalue weighted by Gasteiger charge is 2.52. The van der Waals surface area contributed by atoms with Gasteiger partial charge in [-0.2, -0.15) is 0 Å². The molecule has 11 aromatic carbocycles. The fourth-order valence-electron chi connectivity index (χ4n) is 12.5. The second-order valence-electron chi connectivity index (χ2n) is 18.5. The van der Waals surface area contributed by atoms with Crippen molar-refractivity contribution in [2.24, 2.45) is 0 Å². The number of rotatable bonds is 5. The van der Waals surface area contributed by atoms with Gasteiger partial charge in [-0.3, -0.25) is 0 Å². The first kappa shape index (κ1) is 37.4. The Labute approximate surface area is 385 Å². The zero-order valence-corrected chi connectivity index (χ0v) is 36.6. The van der Waals surface area contributed by atoms with E-state index in [2.05, 4.69) is 229 Å². The summed E-state index contributed by atoms with van der Waals surface area (Å²) in [6.45, 7) is 0. The van der Waals surface area contributed by atoms with E-state index in [1.54, 1.807) is 0 Å². The summed E-state index contributed by atoms with van der Waals surface area (Å²) in [5.41, 5.74) is 21.6. The molecule has 0 aliphatic heterocycles. The Kier molecular flexibility index (Phi) is 8.22. The topological polar surface area (TPSA) is 3.24 Å². The fourth-order valence-corrected chi connectivity index (χ4v) is 12.5. The van der Waals surface area contributed by atoms with E-state index in [0.717, 1.165) is 23.5 Å². The minimum atomic E-state index is -0.483. The minimum Gasteiger partial charge on any atom is -0.310 e. The highest BCUT2D eigenvalue weighted by Crippen LogP contribution is 2.64. The second kappa shape index (κ2) is 14.5. The summed E-state index contributed by atoms with van der Waals surface area (Å²) in [4.78, 5) is 2.53. The lowest BCUT2D eigenvalue weighted by atomic mass is 9.70. The minimum absolute atomic E-state index is 0.483. The highest BCUT2D eigenvalue weighted by atomic mass is 15.1. The van der Waals surface area contributed by atoms with Crippen LogP contribution in [0.15, 0.2) is 224 Å². The third-order valence-electron chi connectivity index (χ3n) is 15.3. The lowest BCUT2D eigenvalue weighted by molar-refractivity contribution is 0.687. The molecule has 66 heavy (non-hydrogen) atoms. The summed E-state index contributed by atoms with van der Waals surface area (Å²) in [7, 11) is 0. The Balaban J connectivity index is 1.07. The molecule has 0 atom stereocenters. The zero-order valence-electron chi connectivity index (χ0n) is 36.6. The molecule has 0 N–H and O–H groups in total. The molecule has 3 aliphatic carbocycles. The van der Waals surface area contributed by atoms with Crippen LogP contribution >= 0.6 is 0 Å². The Bertz CT molecular complexity index is 3680. The molecule has 0 radical (unpaired) electrons. The van der Waals surface area contributed by atoms with Crippen LogP contribution in [0.3, 0.4) is 0 Å². The predicted molar refractivity (Wildman–Crippen MR) is 277 cm³/mol. The molecular weight excluding hydrogens is 795 g/mol. The number of fused-ring (bicyclic) bond motifs is 17. The van der Waals surface area contributed by atoms with Crippen molar-refractivity contribution in [3.05, 3.63) is 258 Å². The van der Waals surface area contributed by atoms with Crippen LogP contribution in [0.5, 0.6) is 0 Å².